The smallest absolute Gasteiger partial charge is 0.303 e. The van der Waals surface area contributed by atoms with E-state index in [9.17, 15) is 4.79 Å². The summed E-state index contributed by atoms with van der Waals surface area (Å²) in [7, 11) is 0. The first-order chi connectivity index (χ1) is 8.77. The second-order valence-corrected chi connectivity index (χ2v) is 4.66. The van der Waals surface area contributed by atoms with Crippen molar-refractivity contribution in [2.45, 2.75) is 71.1 Å². The lowest BCUT2D eigenvalue weighted by atomic mass is 10.1. The molecule has 0 aromatic heterocycles. The van der Waals surface area contributed by atoms with Crippen molar-refractivity contribution in [3.05, 3.63) is 24.3 Å². The molecule has 0 aromatic carbocycles. The van der Waals surface area contributed by atoms with Gasteiger partial charge in [-0.3, -0.25) is 4.79 Å². The summed E-state index contributed by atoms with van der Waals surface area (Å²) in [5, 5.41) is 8.47. The van der Waals surface area contributed by atoms with E-state index >= 15 is 0 Å². The van der Waals surface area contributed by atoms with Gasteiger partial charge in [-0.2, -0.15) is 0 Å². The van der Waals surface area contributed by atoms with Crippen molar-refractivity contribution in [3.8, 4) is 0 Å². The van der Waals surface area contributed by atoms with Crippen molar-refractivity contribution >= 4 is 5.97 Å². The Morgan fingerprint density at radius 3 is 1.83 bits per heavy atom. The molecule has 0 atom stereocenters. The molecule has 2 heteroatoms. The van der Waals surface area contributed by atoms with E-state index in [-0.39, 0.29) is 0 Å². The maximum Gasteiger partial charge on any atom is 0.303 e. The van der Waals surface area contributed by atoms with Gasteiger partial charge in [-0.1, -0.05) is 44.1 Å². The molecule has 0 radical (unpaired) electrons. The molecular weight excluding hydrogens is 224 g/mol. The number of carboxylic acid groups (broad SMARTS) is 1. The van der Waals surface area contributed by atoms with Gasteiger partial charge in [-0.15, -0.1) is 0 Å². The molecule has 2 nitrogen and oxygen atoms in total. The fourth-order valence-electron chi connectivity index (χ4n) is 1.69. The molecule has 0 saturated carbocycles. The molecule has 0 aliphatic carbocycles. The van der Waals surface area contributed by atoms with Crippen molar-refractivity contribution < 1.29 is 9.90 Å². The third kappa shape index (κ3) is 14.9. The van der Waals surface area contributed by atoms with Crippen LogP contribution >= 0.6 is 0 Å². The Hall–Kier alpha value is -1.05. The lowest BCUT2D eigenvalue weighted by Crippen LogP contribution is -1.92. The third-order valence-corrected chi connectivity index (χ3v) is 2.81. The van der Waals surface area contributed by atoms with Crippen molar-refractivity contribution in [1.82, 2.24) is 0 Å². The van der Waals surface area contributed by atoms with Gasteiger partial charge in [0.1, 0.15) is 0 Å². The van der Waals surface area contributed by atoms with Crippen LogP contribution in [0.15, 0.2) is 24.3 Å². The van der Waals surface area contributed by atoms with Gasteiger partial charge >= 0.3 is 5.97 Å². The van der Waals surface area contributed by atoms with E-state index in [1.54, 1.807) is 0 Å². The number of allylic oxidation sites excluding steroid dienone is 4. The molecule has 0 unspecified atom stereocenters. The Kier molecular flexibility index (Phi) is 13.2. The molecule has 0 aliphatic heterocycles. The number of aliphatic carboxylic acids is 1. The standard InChI is InChI=1S/C16H28O2/c1-2-3-4-5-6-7-8-9-10-11-12-13-14-15-16(17)18/h5-6,10-11H,2-4,7-9,12-15H2,1H3,(H,17,18)/b6-5+,11-10+. The fourth-order valence-corrected chi connectivity index (χ4v) is 1.69. The molecule has 0 aromatic rings. The fraction of sp³-hybridized carbons (Fsp3) is 0.688. The largest absolute Gasteiger partial charge is 0.481 e. The molecule has 0 heterocycles. The van der Waals surface area contributed by atoms with Crippen LogP contribution < -0.4 is 0 Å². The summed E-state index contributed by atoms with van der Waals surface area (Å²) in [5.41, 5.74) is 0. The third-order valence-electron chi connectivity index (χ3n) is 2.81. The molecule has 18 heavy (non-hydrogen) atoms. The van der Waals surface area contributed by atoms with Crippen LogP contribution in [0.25, 0.3) is 0 Å². The van der Waals surface area contributed by atoms with Crippen LogP contribution in [0.1, 0.15) is 71.1 Å². The second-order valence-electron chi connectivity index (χ2n) is 4.66. The summed E-state index contributed by atoms with van der Waals surface area (Å²) in [6, 6.07) is 0. The zero-order valence-corrected chi connectivity index (χ0v) is 11.7. The zero-order valence-electron chi connectivity index (χ0n) is 11.7. The predicted octanol–water partition coefficient (Wildman–Crippen LogP) is 5.10. The van der Waals surface area contributed by atoms with Crippen LogP contribution in [-0.2, 0) is 4.79 Å². The van der Waals surface area contributed by atoms with Gasteiger partial charge in [-0.05, 0) is 44.9 Å². The number of hydrogen-bond donors (Lipinski definition) is 1. The van der Waals surface area contributed by atoms with Crippen molar-refractivity contribution in [3.63, 3.8) is 0 Å². The maximum absolute atomic E-state index is 10.3. The minimum Gasteiger partial charge on any atom is -0.481 e. The van der Waals surface area contributed by atoms with Gasteiger partial charge in [0.05, 0.1) is 0 Å². The first-order valence-corrected chi connectivity index (χ1v) is 7.29. The second kappa shape index (κ2) is 14.0. The highest BCUT2D eigenvalue weighted by Crippen LogP contribution is 2.04. The molecule has 0 bridgehead atoms. The first kappa shape index (κ1) is 16.9. The normalized spacial score (nSPS) is 11.6. The average molecular weight is 252 g/mol. The molecule has 0 rings (SSSR count). The highest BCUT2D eigenvalue weighted by Gasteiger charge is 1.94. The van der Waals surface area contributed by atoms with Gasteiger partial charge in [0.15, 0.2) is 0 Å². The number of unbranched alkanes of at least 4 members (excludes halogenated alkanes) is 6. The number of carbonyl (C=O) groups is 1. The number of rotatable bonds is 12. The van der Waals surface area contributed by atoms with Crippen LogP contribution in [0, 0.1) is 0 Å². The van der Waals surface area contributed by atoms with Crippen LogP contribution in [0.4, 0.5) is 0 Å². The predicted molar refractivity (Wildman–Crippen MR) is 77.8 cm³/mol. The monoisotopic (exact) mass is 252 g/mol. The summed E-state index contributed by atoms with van der Waals surface area (Å²) in [4.78, 5) is 10.3. The number of carboxylic acids is 1. The Bertz CT molecular complexity index is 241. The summed E-state index contributed by atoms with van der Waals surface area (Å²) >= 11 is 0. The molecule has 0 saturated heterocycles. The zero-order chi connectivity index (χ0) is 13.5. The van der Waals surface area contributed by atoms with Gasteiger partial charge in [-0.25, -0.2) is 0 Å². The van der Waals surface area contributed by atoms with E-state index in [1.165, 1.54) is 32.1 Å². The molecule has 0 aliphatic rings. The van der Waals surface area contributed by atoms with Gasteiger partial charge in [0, 0.05) is 6.42 Å². The van der Waals surface area contributed by atoms with E-state index in [4.69, 9.17) is 5.11 Å². The quantitative estimate of drug-likeness (QED) is 0.387. The first-order valence-electron chi connectivity index (χ1n) is 7.29. The Morgan fingerprint density at radius 2 is 1.33 bits per heavy atom. The summed E-state index contributed by atoms with van der Waals surface area (Å²) < 4.78 is 0. The van der Waals surface area contributed by atoms with Gasteiger partial charge in [0.25, 0.3) is 0 Å². The topological polar surface area (TPSA) is 37.3 Å². The van der Waals surface area contributed by atoms with Gasteiger partial charge in [0.2, 0.25) is 0 Å². The van der Waals surface area contributed by atoms with Crippen molar-refractivity contribution in [2.75, 3.05) is 0 Å². The highest BCUT2D eigenvalue weighted by molar-refractivity contribution is 5.66. The molecular formula is C16H28O2. The van der Waals surface area contributed by atoms with Crippen LogP contribution in [0.5, 0.6) is 0 Å². The minimum absolute atomic E-state index is 0.302. The van der Waals surface area contributed by atoms with E-state index in [1.807, 2.05) is 0 Å². The van der Waals surface area contributed by atoms with Crippen molar-refractivity contribution in [2.24, 2.45) is 0 Å². The average Bonchev–Trinajstić information content (AvgIpc) is 2.34. The lowest BCUT2D eigenvalue weighted by Gasteiger charge is -1.94. The Labute approximate surface area is 112 Å². The molecule has 0 spiro atoms. The molecule has 0 amide bonds. The van der Waals surface area contributed by atoms with E-state index in [0.29, 0.717) is 6.42 Å². The van der Waals surface area contributed by atoms with Gasteiger partial charge < -0.3 is 5.11 Å². The van der Waals surface area contributed by atoms with Crippen LogP contribution in [0.2, 0.25) is 0 Å². The SMILES string of the molecule is CCCC/C=C/CCC/C=C/CCCCC(=O)O. The van der Waals surface area contributed by atoms with E-state index in [0.717, 1.165) is 25.7 Å². The maximum atomic E-state index is 10.3. The Morgan fingerprint density at radius 1 is 0.833 bits per heavy atom. The Balaban J connectivity index is 3.18. The molecule has 104 valence electrons. The minimum atomic E-state index is -0.686. The van der Waals surface area contributed by atoms with E-state index < -0.39 is 5.97 Å². The van der Waals surface area contributed by atoms with Crippen LogP contribution in [0.3, 0.4) is 0 Å². The molecule has 0 fully saturated rings. The van der Waals surface area contributed by atoms with E-state index in [2.05, 4.69) is 31.2 Å². The summed E-state index contributed by atoms with van der Waals surface area (Å²) in [6.45, 7) is 2.22. The lowest BCUT2D eigenvalue weighted by molar-refractivity contribution is -0.137. The van der Waals surface area contributed by atoms with Crippen LogP contribution in [-0.4, -0.2) is 11.1 Å². The highest BCUT2D eigenvalue weighted by atomic mass is 16.4. The van der Waals surface area contributed by atoms with Crippen molar-refractivity contribution in [1.29, 1.82) is 0 Å². The summed E-state index contributed by atoms with van der Waals surface area (Å²) in [6.07, 6.45) is 19.4. The number of hydrogen-bond acceptors (Lipinski definition) is 1. The molecule has 1 N–H and O–H groups in total. The summed E-state index contributed by atoms with van der Waals surface area (Å²) in [5.74, 6) is -0.686.